The molecule has 1 aromatic carbocycles. The third kappa shape index (κ3) is 3.52. The van der Waals surface area contributed by atoms with Crippen molar-refractivity contribution in [1.82, 2.24) is 14.4 Å². The zero-order chi connectivity index (χ0) is 19.1. The maximum Gasteiger partial charge on any atom is 0.419 e. The van der Waals surface area contributed by atoms with Gasteiger partial charge < -0.3 is 14.2 Å². The second kappa shape index (κ2) is 6.63. The first-order valence-electron chi connectivity index (χ1n) is 8.82. The van der Waals surface area contributed by atoms with Gasteiger partial charge in [-0.2, -0.15) is 0 Å². The van der Waals surface area contributed by atoms with Crippen LogP contribution in [-0.2, 0) is 23.1 Å². The molecule has 1 saturated heterocycles. The van der Waals surface area contributed by atoms with Gasteiger partial charge in [0.15, 0.2) is 5.58 Å². The van der Waals surface area contributed by atoms with Crippen molar-refractivity contribution in [2.75, 3.05) is 26.2 Å². The summed E-state index contributed by atoms with van der Waals surface area (Å²) in [6, 6.07) is 5.35. The van der Waals surface area contributed by atoms with Crippen LogP contribution < -0.4 is 5.76 Å². The number of rotatable bonds is 2. The third-order valence-corrected chi connectivity index (χ3v) is 4.77. The number of hydrogen-bond donors (Lipinski definition) is 0. The number of fused-ring (bicyclic) bond motifs is 1. The summed E-state index contributed by atoms with van der Waals surface area (Å²) in [5.41, 5.74) is 1.64. The van der Waals surface area contributed by atoms with Gasteiger partial charge >= 0.3 is 5.76 Å². The summed E-state index contributed by atoms with van der Waals surface area (Å²) < 4.78 is 6.54. The standard InChI is InChI=1S/C19H25N3O4/c1-19(2,3)17(24)22-9-7-21(8-10-22)16(23)12-13-5-6-15-14(11-13)20(4)18(25)26-15/h5-6,11H,7-10,12H2,1-4H3. The average Bonchev–Trinajstić information content (AvgIpc) is 2.88. The first kappa shape index (κ1) is 18.2. The lowest BCUT2D eigenvalue weighted by Gasteiger charge is -2.37. The molecule has 26 heavy (non-hydrogen) atoms. The summed E-state index contributed by atoms with van der Waals surface area (Å²) in [6.07, 6.45) is 0.266. The largest absolute Gasteiger partial charge is 0.419 e. The molecule has 2 aromatic rings. The minimum atomic E-state index is -0.414. The van der Waals surface area contributed by atoms with Crippen molar-refractivity contribution >= 4 is 22.9 Å². The molecule has 2 amide bonds. The topological polar surface area (TPSA) is 75.8 Å². The molecule has 0 bridgehead atoms. The molecule has 1 aromatic heterocycles. The molecule has 0 saturated carbocycles. The van der Waals surface area contributed by atoms with Gasteiger partial charge in [0.05, 0.1) is 11.9 Å². The number of amides is 2. The fourth-order valence-corrected chi connectivity index (χ4v) is 3.20. The van der Waals surface area contributed by atoms with E-state index in [1.165, 1.54) is 4.57 Å². The molecule has 0 aliphatic carbocycles. The molecular weight excluding hydrogens is 334 g/mol. The third-order valence-electron chi connectivity index (χ3n) is 4.77. The van der Waals surface area contributed by atoms with Crippen LogP contribution in [-0.4, -0.2) is 52.4 Å². The molecule has 3 rings (SSSR count). The fourth-order valence-electron chi connectivity index (χ4n) is 3.20. The van der Waals surface area contributed by atoms with Crippen molar-refractivity contribution in [2.24, 2.45) is 12.5 Å². The van der Waals surface area contributed by atoms with Crippen LogP contribution in [0.2, 0.25) is 0 Å². The predicted octanol–water partition coefficient (Wildman–Crippen LogP) is 1.39. The first-order chi connectivity index (χ1) is 12.2. The second-order valence-corrected chi connectivity index (χ2v) is 7.83. The Labute approximate surface area is 152 Å². The van der Waals surface area contributed by atoms with Crippen LogP contribution in [0.3, 0.4) is 0 Å². The van der Waals surface area contributed by atoms with Crippen LogP contribution in [0.4, 0.5) is 0 Å². The lowest BCUT2D eigenvalue weighted by Crippen LogP contribution is -2.53. The number of hydrogen-bond acceptors (Lipinski definition) is 4. The van der Waals surface area contributed by atoms with Crippen molar-refractivity contribution in [1.29, 1.82) is 0 Å². The van der Waals surface area contributed by atoms with Crippen LogP contribution in [0, 0.1) is 5.41 Å². The van der Waals surface area contributed by atoms with Crippen molar-refractivity contribution in [3.8, 4) is 0 Å². The number of piperazine rings is 1. The lowest BCUT2D eigenvalue weighted by atomic mass is 9.94. The number of nitrogens with zero attached hydrogens (tertiary/aromatic N) is 3. The van der Waals surface area contributed by atoms with Crippen LogP contribution in [0.25, 0.3) is 11.1 Å². The van der Waals surface area contributed by atoms with E-state index in [0.29, 0.717) is 37.3 Å². The molecule has 2 heterocycles. The molecule has 1 fully saturated rings. The maximum absolute atomic E-state index is 12.6. The molecule has 1 aliphatic heterocycles. The van der Waals surface area contributed by atoms with E-state index < -0.39 is 11.2 Å². The second-order valence-electron chi connectivity index (χ2n) is 7.83. The lowest BCUT2D eigenvalue weighted by molar-refractivity contribution is -0.144. The molecule has 0 atom stereocenters. The van der Waals surface area contributed by atoms with Gasteiger partial charge in [0.2, 0.25) is 11.8 Å². The van der Waals surface area contributed by atoms with E-state index in [1.54, 1.807) is 18.0 Å². The molecule has 0 radical (unpaired) electrons. The number of aromatic nitrogens is 1. The quantitative estimate of drug-likeness (QED) is 0.812. The van der Waals surface area contributed by atoms with Crippen LogP contribution in [0.5, 0.6) is 0 Å². The molecule has 1 aliphatic rings. The average molecular weight is 359 g/mol. The Morgan fingerprint density at radius 1 is 1.08 bits per heavy atom. The highest BCUT2D eigenvalue weighted by Gasteiger charge is 2.30. The predicted molar refractivity (Wildman–Crippen MR) is 97.8 cm³/mol. The Balaban J connectivity index is 1.64. The molecule has 140 valence electrons. The fraction of sp³-hybridized carbons (Fsp3) is 0.526. The van der Waals surface area contributed by atoms with Gasteiger partial charge in [0, 0.05) is 38.6 Å². The summed E-state index contributed by atoms with van der Waals surface area (Å²) in [6.45, 7) is 7.96. The van der Waals surface area contributed by atoms with E-state index in [-0.39, 0.29) is 18.2 Å². The Bertz CT molecular complexity index is 896. The molecule has 0 unspecified atom stereocenters. The molecule has 7 heteroatoms. The van der Waals surface area contributed by atoms with Crippen molar-refractivity contribution in [2.45, 2.75) is 27.2 Å². The van der Waals surface area contributed by atoms with Crippen LogP contribution in [0.15, 0.2) is 27.4 Å². The Kier molecular flexibility index (Phi) is 4.64. The Morgan fingerprint density at radius 3 is 2.31 bits per heavy atom. The van der Waals surface area contributed by atoms with Gasteiger partial charge in [-0.15, -0.1) is 0 Å². The summed E-state index contributed by atoms with van der Waals surface area (Å²) in [5.74, 6) is -0.264. The van der Waals surface area contributed by atoms with Crippen molar-refractivity contribution in [3.05, 3.63) is 34.3 Å². The highest BCUT2D eigenvalue weighted by Crippen LogP contribution is 2.19. The van der Waals surface area contributed by atoms with Gasteiger partial charge in [-0.05, 0) is 17.7 Å². The smallest absolute Gasteiger partial charge is 0.408 e. The van der Waals surface area contributed by atoms with E-state index in [1.807, 2.05) is 37.8 Å². The maximum atomic E-state index is 12.6. The van der Waals surface area contributed by atoms with E-state index in [4.69, 9.17) is 4.42 Å². The number of oxazole rings is 1. The van der Waals surface area contributed by atoms with Gasteiger partial charge in [-0.3, -0.25) is 14.2 Å². The van der Waals surface area contributed by atoms with E-state index in [0.717, 1.165) is 5.56 Å². The summed E-state index contributed by atoms with van der Waals surface area (Å²) in [4.78, 5) is 40.1. The molecular formula is C19H25N3O4. The van der Waals surface area contributed by atoms with Crippen molar-refractivity contribution < 1.29 is 14.0 Å². The zero-order valence-electron chi connectivity index (χ0n) is 15.7. The van der Waals surface area contributed by atoms with Gasteiger partial charge in [-0.25, -0.2) is 4.79 Å². The van der Waals surface area contributed by atoms with Gasteiger partial charge in [0.1, 0.15) is 0 Å². The summed E-state index contributed by atoms with van der Waals surface area (Å²) >= 11 is 0. The molecule has 7 nitrogen and oxygen atoms in total. The van der Waals surface area contributed by atoms with E-state index in [2.05, 4.69) is 0 Å². The number of aryl methyl sites for hydroxylation is 1. The van der Waals surface area contributed by atoms with Crippen LogP contribution >= 0.6 is 0 Å². The number of benzene rings is 1. The minimum absolute atomic E-state index is 0.0284. The summed E-state index contributed by atoms with van der Waals surface area (Å²) in [5, 5.41) is 0. The SMILES string of the molecule is Cn1c(=O)oc2ccc(CC(=O)N3CCN(C(=O)C(C)(C)C)CC3)cc21. The minimum Gasteiger partial charge on any atom is -0.408 e. The van der Waals surface area contributed by atoms with Crippen LogP contribution in [0.1, 0.15) is 26.3 Å². The van der Waals surface area contributed by atoms with Gasteiger partial charge in [0.25, 0.3) is 0 Å². The summed E-state index contributed by atoms with van der Waals surface area (Å²) in [7, 11) is 1.64. The zero-order valence-corrected chi connectivity index (χ0v) is 15.7. The highest BCUT2D eigenvalue weighted by molar-refractivity contribution is 5.83. The van der Waals surface area contributed by atoms with E-state index >= 15 is 0 Å². The van der Waals surface area contributed by atoms with E-state index in [9.17, 15) is 14.4 Å². The molecule has 0 N–H and O–H groups in total. The molecule has 0 spiro atoms. The first-order valence-corrected chi connectivity index (χ1v) is 8.82. The Morgan fingerprint density at radius 2 is 1.69 bits per heavy atom. The normalized spacial score (nSPS) is 15.5. The Hall–Kier alpha value is -2.57. The monoisotopic (exact) mass is 359 g/mol. The van der Waals surface area contributed by atoms with Gasteiger partial charge in [-0.1, -0.05) is 26.8 Å². The van der Waals surface area contributed by atoms with Crippen molar-refractivity contribution in [3.63, 3.8) is 0 Å². The number of carbonyl (C=O) groups is 2. The highest BCUT2D eigenvalue weighted by atomic mass is 16.4. The number of carbonyl (C=O) groups excluding carboxylic acids is 2.